The fourth-order valence-corrected chi connectivity index (χ4v) is 3.83. The Morgan fingerprint density at radius 3 is 2.32 bits per heavy atom. The van der Waals surface area contributed by atoms with Gasteiger partial charge in [-0.2, -0.15) is 0 Å². The van der Waals surface area contributed by atoms with E-state index in [2.05, 4.69) is 31.3 Å². The van der Waals surface area contributed by atoms with E-state index in [1.165, 1.54) is 16.9 Å². The molecule has 0 aliphatic rings. The van der Waals surface area contributed by atoms with E-state index in [1.807, 2.05) is 23.6 Å². The Morgan fingerprint density at radius 1 is 1.04 bits per heavy atom. The Kier molecular flexibility index (Phi) is 6.26. The molecule has 5 heteroatoms. The van der Waals surface area contributed by atoms with E-state index in [4.69, 9.17) is 4.74 Å². The van der Waals surface area contributed by atoms with Gasteiger partial charge in [0.25, 0.3) is 5.91 Å². The smallest absolute Gasteiger partial charge is 0.341 e. The van der Waals surface area contributed by atoms with Gasteiger partial charge in [0.1, 0.15) is 10.6 Å². The Morgan fingerprint density at radius 2 is 1.71 bits per heavy atom. The molecule has 0 radical (unpaired) electrons. The van der Waals surface area contributed by atoms with Crippen molar-refractivity contribution in [1.29, 1.82) is 0 Å². The van der Waals surface area contributed by atoms with Crippen LogP contribution in [0.1, 0.15) is 53.0 Å². The fourth-order valence-electron chi connectivity index (χ4n) is 2.88. The second kappa shape index (κ2) is 8.85. The minimum absolute atomic E-state index is 0.255. The molecule has 0 fully saturated rings. The zero-order chi connectivity index (χ0) is 20.1. The molecule has 3 rings (SSSR count). The minimum atomic E-state index is -0.435. The molecule has 0 saturated heterocycles. The van der Waals surface area contributed by atoms with Crippen molar-refractivity contribution in [2.75, 3.05) is 11.9 Å². The van der Waals surface area contributed by atoms with Crippen LogP contribution in [0.3, 0.4) is 0 Å². The summed E-state index contributed by atoms with van der Waals surface area (Å²) in [5, 5.41) is 5.25. The van der Waals surface area contributed by atoms with Crippen molar-refractivity contribution in [2.45, 2.75) is 26.7 Å². The van der Waals surface area contributed by atoms with Crippen molar-refractivity contribution >= 4 is 28.2 Å². The average molecular weight is 394 g/mol. The lowest BCUT2D eigenvalue weighted by molar-refractivity contribution is 0.0529. The molecule has 0 aliphatic heterocycles. The third kappa shape index (κ3) is 4.31. The van der Waals surface area contributed by atoms with Gasteiger partial charge in [-0.25, -0.2) is 4.79 Å². The van der Waals surface area contributed by atoms with E-state index in [9.17, 15) is 9.59 Å². The van der Waals surface area contributed by atoms with Crippen LogP contribution in [0.25, 0.3) is 11.1 Å². The Bertz CT molecular complexity index is 959. The zero-order valence-corrected chi connectivity index (χ0v) is 17.0. The highest BCUT2D eigenvalue weighted by atomic mass is 32.1. The van der Waals surface area contributed by atoms with Crippen molar-refractivity contribution in [1.82, 2.24) is 0 Å². The molecular weight excluding hydrogens is 370 g/mol. The maximum absolute atomic E-state index is 12.6. The summed E-state index contributed by atoms with van der Waals surface area (Å²) < 4.78 is 5.25. The van der Waals surface area contributed by atoms with Crippen LogP contribution >= 0.6 is 11.3 Å². The second-order valence-corrected chi connectivity index (χ2v) is 7.55. The van der Waals surface area contributed by atoms with Crippen LogP contribution in [-0.2, 0) is 4.74 Å². The summed E-state index contributed by atoms with van der Waals surface area (Å²) >= 11 is 1.33. The summed E-state index contributed by atoms with van der Waals surface area (Å²) in [5.41, 5.74) is 3.85. The van der Waals surface area contributed by atoms with Crippen molar-refractivity contribution in [2.24, 2.45) is 0 Å². The van der Waals surface area contributed by atoms with E-state index in [1.54, 1.807) is 31.2 Å². The molecule has 0 aliphatic carbocycles. The van der Waals surface area contributed by atoms with Gasteiger partial charge in [-0.05, 0) is 36.1 Å². The second-order valence-electron chi connectivity index (χ2n) is 6.67. The molecule has 144 valence electrons. The number of rotatable bonds is 6. The van der Waals surface area contributed by atoms with Crippen LogP contribution < -0.4 is 5.32 Å². The molecule has 28 heavy (non-hydrogen) atoms. The van der Waals surface area contributed by atoms with Crippen molar-refractivity contribution in [3.63, 3.8) is 0 Å². The molecule has 0 atom stereocenters. The number of amides is 1. The van der Waals surface area contributed by atoms with Crippen molar-refractivity contribution in [3.05, 3.63) is 76.7 Å². The lowest BCUT2D eigenvalue weighted by atomic mass is 9.98. The number of hydrogen-bond acceptors (Lipinski definition) is 4. The van der Waals surface area contributed by atoms with Crippen LogP contribution in [0.4, 0.5) is 5.00 Å². The van der Waals surface area contributed by atoms with E-state index in [-0.39, 0.29) is 12.5 Å². The molecule has 0 unspecified atom stereocenters. The Balaban J connectivity index is 1.97. The van der Waals surface area contributed by atoms with Gasteiger partial charge in [0, 0.05) is 16.5 Å². The SMILES string of the molecule is CCOC(=O)c1c(-c2ccc(C(C)C)cc2)csc1NC(=O)c1ccccc1. The van der Waals surface area contributed by atoms with Gasteiger partial charge in [-0.15, -0.1) is 11.3 Å². The highest BCUT2D eigenvalue weighted by Crippen LogP contribution is 2.37. The Labute approximate surface area is 169 Å². The van der Waals surface area contributed by atoms with E-state index in [0.29, 0.717) is 22.0 Å². The van der Waals surface area contributed by atoms with Gasteiger partial charge >= 0.3 is 5.97 Å². The quantitative estimate of drug-likeness (QED) is 0.525. The molecule has 1 aromatic heterocycles. The summed E-state index contributed by atoms with van der Waals surface area (Å²) in [5.74, 6) is -0.258. The molecule has 1 N–H and O–H groups in total. The van der Waals surface area contributed by atoms with Gasteiger partial charge < -0.3 is 10.1 Å². The number of carbonyl (C=O) groups excluding carboxylic acids is 2. The molecule has 2 aromatic carbocycles. The van der Waals surface area contributed by atoms with Crippen LogP contribution in [-0.4, -0.2) is 18.5 Å². The first-order valence-corrected chi connectivity index (χ1v) is 10.1. The number of ether oxygens (including phenoxy) is 1. The topological polar surface area (TPSA) is 55.4 Å². The van der Waals surface area contributed by atoms with Crippen molar-refractivity contribution < 1.29 is 14.3 Å². The predicted octanol–water partition coefficient (Wildman–Crippen LogP) is 5.97. The van der Waals surface area contributed by atoms with Crippen LogP contribution in [0, 0.1) is 0 Å². The van der Waals surface area contributed by atoms with Gasteiger partial charge in [-0.3, -0.25) is 4.79 Å². The van der Waals surface area contributed by atoms with Crippen LogP contribution in [0.15, 0.2) is 60.0 Å². The lowest BCUT2D eigenvalue weighted by Crippen LogP contribution is -2.14. The van der Waals surface area contributed by atoms with Gasteiger partial charge in [0.2, 0.25) is 0 Å². The first kappa shape index (κ1) is 19.8. The number of carbonyl (C=O) groups is 2. The van der Waals surface area contributed by atoms with Crippen LogP contribution in [0.2, 0.25) is 0 Å². The predicted molar refractivity (Wildman–Crippen MR) is 114 cm³/mol. The normalized spacial score (nSPS) is 10.7. The van der Waals surface area contributed by atoms with Crippen molar-refractivity contribution in [3.8, 4) is 11.1 Å². The molecular formula is C23H23NO3S. The number of anilines is 1. The molecule has 0 saturated carbocycles. The number of esters is 1. The third-order valence-corrected chi connectivity index (χ3v) is 5.32. The van der Waals surface area contributed by atoms with Gasteiger partial charge in [-0.1, -0.05) is 56.3 Å². The standard InChI is InChI=1S/C23H23NO3S/c1-4-27-23(26)20-19(17-12-10-16(11-13-17)15(2)3)14-28-22(20)24-21(25)18-8-6-5-7-9-18/h5-15H,4H2,1-3H3,(H,24,25). The molecule has 4 nitrogen and oxygen atoms in total. The number of hydrogen-bond donors (Lipinski definition) is 1. The first-order valence-electron chi connectivity index (χ1n) is 9.26. The summed E-state index contributed by atoms with van der Waals surface area (Å²) in [4.78, 5) is 25.2. The average Bonchev–Trinajstić information content (AvgIpc) is 3.12. The Hall–Kier alpha value is -2.92. The van der Waals surface area contributed by atoms with E-state index >= 15 is 0 Å². The maximum Gasteiger partial charge on any atom is 0.341 e. The zero-order valence-electron chi connectivity index (χ0n) is 16.2. The lowest BCUT2D eigenvalue weighted by Gasteiger charge is -2.10. The summed E-state index contributed by atoms with van der Waals surface area (Å²) in [7, 11) is 0. The van der Waals surface area contributed by atoms with Gasteiger partial charge in [0.05, 0.1) is 6.61 Å². The first-order chi connectivity index (χ1) is 13.5. The number of thiophene rings is 1. The number of nitrogens with one attached hydrogen (secondary N) is 1. The third-order valence-electron chi connectivity index (χ3n) is 4.42. The molecule has 1 heterocycles. The highest BCUT2D eigenvalue weighted by molar-refractivity contribution is 7.15. The van der Waals surface area contributed by atoms with E-state index < -0.39 is 5.97 Å². The molecule has 3 aromatic rings. The van der Waals surface area contributed by atoms with Gasteiger partial charge in [0.15, 0.2) is 0 Å². The summed E-state index contributed by atoms with van der Waals surface area (Å²) in [6.45, 7) is 6.32. The fraction of sp³-hybridized carbons (Fsp3) is 0.217. The van der Waals surface area contributed by atoms with Crippen LogP contribution in [0.5, 0.6) is 0 Å². The molecule has 1 amide bonds. The highest BCUT2D eigenvalue weighted by Gasteiger charge is 2.23. The largest absolute Gasteiger partial charge is 0.462 e. The number of benzene rings is 2. The summed E-state index contributed by atoms with van der Waals surface area (Å²) in [6.07, 6.45) is 0. The molecule has 0 spiro atoms. The molecule has 0 bridgehead atoms. The minimum Gasteiger partial charge on any atom is -0.462 e. The monoisotopic (exact) mass is 393 g/mol. The summed E-state index contributed by atoms with van der Waals surface area (Å²) in [6, 6.07) is 17.1. The van der Waals surface area contributed by atoms with E-state index in [0.717, 1.165) is 11.1 Å². The maximum atomic E-state index is 12.6.